The van der Waals surface area contributed by atoms with Crippen molar-refractivity contribution in [2.24, 2.45) is 0 Å². The number of H-pyrrole nitrogens is 1. The van der Waals surface area contributed by atoms with Gasteiger partial charge in [0, 0.05) is 5.56 Å². The van der Waals surface area contributed by atoms with Gasteiger partial charge in [0.15, 0.2) is 5.82 Å². The normalized spacial score (nSPS) is 11.1. The molecule has 0 saturated heterocycles. The van der Waals surface area contributed by atoms with Gasteiger partial charge in [0.05, 0.1) is 6.54 Å². The van der Waals surface area contributed by atoms with Crippen LogP contribution in [0.5, 0.6) is 0 Å². The molecule has 0 aliphatic carbocycles. The summed E-state index contributed by atoms with van der Waals surface area (Å²) in [5.74, 6) is 1.12. The number of aromatic nitrogens is 3. The Bertz CT molecular complexity index is 857. The standard InChI is InChI=1S/C19H21N3O/c1-13(2)16-5-4-6-17(11-16)18-20-21-19(23)22(18)12-15-9-7-14(3)8-10-15/h4-11,13H,12H2,1-3H3,(H,21,23). The molecule has 1 heterocycles. The van der Waals surface area contributed by atoms with Crippen molar-refractivity contribution in [1.82, 2.24) is 14.8 Å². The molecule has 0 aliphatic rings. The van der Waals surface area contributed by atoms with Crippen molar-refractivity contribution >= 4 is 0 Å². The lowest BCUT2D eigenvalue weighted by atomic mass is 10.0. The fourth-order valence-corrected chi connectivity index (χ4v) is 2.60. The molecule has 4 heteroatoms. The lowest BCUT2D eigenvalue weighted by Crippen LogP contribution is -2.18. The summed E-state index contributed by atoms with van der Waals surface area (Å²) in [6.45, 7) is 6.87. The number of hydrogen-bond donors (Lipinski definition) is 1. The zero-order chi connectivity index (χ0) is 16.4. The average molecular weight is 307 g/mol. The first kappa shape index (κ1) is 15.3. The summed E-state index contributed by atoms with van der Waals surface area (Å²) >= 11 is 0. The van der Waals surface area contributed by atoms with Gasteiger partial charge in [0.2, 0.25) is 0 Å². The maximum Gasteiger partial charge on any atom is 0.343 e. The highest BCUT2D eigenvalue weighted by Crippen LogP contribution is 2.22. The third-order valence-corrected chi connectivity index (χ3v) is 4.03. The van der Waals surface area contributed by atoms with E-state index in [1.807, 2.05) is 24.3 Å². The Hall–Kier alpha value is -2.62. The van der Waals surface area contributed by atoms with Crippen LogP contribution >= 0.6 is 0 Å². The quantitative estimate of drug-likeness (QED) is 0.798. The van der Waals surface area contributed by atoms with Crippen LogP contribution in [0, 0.1) is 6.92 Å². The van der Waals surface area contributed by atoms with Crippen molar-refractivity contribution in [3.8, 4) is 11.4 Å². The average Bonchev–Trinajstić information content (AvgIpc) is 2.91. The monoisotopic (exact) mass is 307 g/mol. The summed E-state index contributed by atoms with van der Waals surface area (Å²) in [5.41, 5.74) is 4.30. The second-order valence-electron chi connectivity index (χ2n) is 6.20. The van der Waals surface area contributed by atoms with Crippen LogP contribution in [0.4, 0.5) is 0 Å². The van der Waals surface area contributed by atoms with Crippen molar-refractivity contribution in [3.63, 3.8) is 0 Å². The summed E-state index contributed by atoms with van der Waals surface area (Å²) in [7, 11) is 0. The van der Waals surface area contributed by atoms with Crippen molar-refractivity contribution in [1.29, 1.82) is 0 Å². The smallest absolute Gasteiger partial charge is 0.271 e. The molecule has 1 aromatic heterocycles. The van der Waals surface area contributed by atoms with E-state index in [2.05, 4.69) is 55.2 Å². The second kappa shape index (κ2) is 6.24. The number of aromatic amines is 1. The molecule has 0 fully saturated rings. The van der Waals surface area contributed by atoms with Gasteiger partial charge in [-0.05, 0) is 30.0 Å². The van der Waals surface area contributed by atoms with Gasteiger partial charge < -0.3 is 0 Å². The third-order valence-electron chi connectivity index (χ3n) is 4.03. The Kier molecular flexibility index (Phi) is 4.15. The molecule has 0 bridgehead atoms. The molecule has 0 aliphatic heterocycles. The highest BCUT2D eigenvalue weighted by Gasteiger charge is 2.12. The molecule has 0 saturated carbocycles. The Morgan fingerprint density at radius 1 is 1.13 bits per heavy atom. The molecule has 0 unspecified atom stereocenters. The number of aryl methyl sites for hydroxylation is 1. The van der Waals surface area contributed by atoms with E-state index in [0.717, 1.165) is 11.1 Å². The fourth-order valence-electron chi connectivity index (χ4n) is 2.60. The maximum absolute atomic E-state index is 12.1. The van der Waals surface area contributed by atoms with E-state index in [1.54, 1.807) is 4.57 Å². The summed E-state index contributed by atoms with van der Waals surface area (Å²) in [6, 6.07) is 16.4. The Balaban J connectivity index is 2.00. The second-order valence-corrected chi connectivity index (χ2v) is 6.20. The van der Waals surface area contributed by atoms with Crippen LogP contribution in [0.1, 0.15) is 36.5 Å². The number of hydrogen-bond acceptors (Lipinski definition) is 2. The predicted octanol–water partition coefficient (Wildman–Crippen LogP) is 3.72. The van der Waals surface area contributed by atoms with Crippen molar-refractivity contribution in [2.45, 2.75) is 33.2 Å². The van der Waals surface area contributed by atoms with Gasteiger partial charge in [0.1, 0.15) is 0 Å². The summed E-state index contributed by atoms with van der Waals surface area (Å²) in [5, 5.41) is 6.80. The fraction of sp³-hybridized carbons (Fsp3) is 0.263. The largest absolute Gasteiger partial charge is 0.343 e. The minimum absolute atomic E-state index is 0.185. The molecular weight excluding hydrogens is 286 g/mol. The van der Waals surface area contributed by atoms with E-state index in [0.29, 0.717) is 18.3 Å². The van der Waals surface area contributed by atoms with Gasteiger partial charge in [-0.1, -0.05) is 61.9 Å². The van der Waals surface area contributed by atoms with Crippen LogP contribution in [0.25, 0.3) is 11.4 Å². The van der Waals surface area contributed by atoms with Gasteiger partial charge in [-0.15, -0.1) is 0 Å². The lowest BCUT2D eigenvalue weighted by molar-refractivity contribution is 0.768. The van der Waals surface area contributed by atoms with E-state index >= 15 is 0 Å². The molecule has 0 spiro atoms. The van der Waals surface area contributed by atoms with Crippen LogP contribution < -0.4 is 5.69 Å². The molecule has 23 heavy (non-hydrogen) atoms. The molecule has 2 aromatic carbocycles. The lowest BCUT2D eigenvalue weighted by Gasteiger charge is -2.09. The summed E-state index contributed by atoms with van der Waals surface area (Å²) < 4.78 is 1.68. The first-order valence-corrected chi connectivity index (χ1v) is 7.85. The zero-order valence-corrected chi connectivity index (χ0v) is 13.7. The van der Waals surface area contributed by atoms with Crippen LogP contribution in [0.3, 0.4) is 0 Å². The van der Waals surface area contributed by atoms with Gasteiger partial charge in [0.25, 0.3) is 0 Å². The molecule has 3 aromatic rings. The number of benzene rings is 2. The van der Waals surface area contributed by atoms with E-state index in [9.17, 15) is 4.79 Å². The van der Waals surface area contributed by atoms with Gasteiger partial charge in [-0.25, -0.2) is 9.89 Å². The highest BCUT2D eigenvalue weighted by atomic mass is 16.1. The SMILES string of the molecule is Cc1ccc(Cn2c(-c3cccc(C(C)C)c3)n[nH]c2=O)cc1. The van der Waals surface area contributed by atoms with Crippen LogP contribution in [-0.4, -0.2) is 14.8 Å². The predicted molar refractivity (Wildman–Crippen MR) is 92.7 cm³/mol. The van der Waals surface area contributed by atoms with Crippen molar-refractivity contribution < 1.29 is 0 Å². The van der Waals surface area contributed by atoms with Gasteiger partial charge in [-0.3, -0.25) is 4.57 Å². The molecule has 0 amide bonds. The first-order chi connectivity index (χ1) is 11.0. The molecule has 3 rings (SSSR count). The van der Waals surface area contributed by atoms with E-state index in [-0.39, 0.29) is 5.69 Å². The summed E-state index contributed by atoms with van der Waals surface area (Å²) in [6.07, 6.45) is 0. The molecular formula is C19H21N3O. The number of nitrogens with one attached hydrogen (secondary N) is 1. The minimum atomic E-state index is -0.185. The Morgan fingerprint density at radius 3 is 2.57 bits per heavy atom. The van der Waals surface area contributed by atoms with E-state index < -0.39 is 0 Å². The highest BCUT2D eigenvalue weighted by molar-refractivity contribution is 5.56. The van der Waals surface area contributed by atoms with Crippen LogP contribution in [0.2, 0.25) is 0 Å². The van der Waals surface area contributed by atoms with Crippen molar-refractivity contribution in [3.05, 3.63) is 75.7 Å². The van der Waals surface area contributed by atoms with E-state index in [1.165, 1.54) is 11.1 Å². The van der Waals surface area contributed by atoms with Gasteiger partial charge in [-0.2, -0.15) is 5.10 Å². The first-order valence-electron chi connectivity index (χ1n) is 7.85. The Morgan fingerprint density at radius 2 is 1.87 bits per heavy atom. The van der Waals surface area contributed by atoms with Crippen LogP contribution in [0.15, 0.2) is 53.3 Å². The van der Waals surface area contributed by atoms with Crippen LogP contribution in [-0.2, 0) is 6.54 Å². The zero-order valence-electron chi connectivity index (χ0n) is 13.7. The molecule has 118 valence electrons. The molecule has 0 atom stereocenters. The molecule has 0 radical (unpaired) electrons. The maximum atomic E-state index is 12.1. The van der Waals surface area contributed by atoms with Gasteiger partial charge >= 0.3 is 5.69 Å². The molecule has 1 N–H and O–H groups in total. The number of nitrogens with zero attached hydrogens (tertiary/aromatic N) is 2. The third kappa shape index (κ3) is 3.26. The minimum Gasteiger partial charge on any atom is -0.271 e. The molecule has 4 nitrogen and oxygen atoms in total. The Labute approximate surface area is 135 Å². The van der Waals surface area contributed by atoms with E-state index in [4.69, 9.17) is 0 Å². The topological polar surface area (TPSA) is 50.7 Å². The van der Waals surface area contributed by atoms with Crippen molar-refractivity contribution in [2.75, 3.05) is 0 Å². The summed E-state index contributed by atoms with van der Waals surface area (Å²) in [4.78, 5) is 12.1. The number of rotatable bonds is 4.